The van der Waals surface area contributed by atoms with Gasteiger partial charge in [0.2, 0.25) is 0 Å². The average molecular weight is 273 g/mol. The van der Waals surface area contributed by atoms with Crippen LogP contribution in [0.4, 0.5) is 20.6 Å². The fourth-order valence-corrected chi connectivity index (χ4v) is 1.56. The van der Waals surface area contributed by atoms with Crippen molar-refractivity contribution in [2.45, 2.75) is 6.92 Å². The van der Waals surface area contributed by atoms with Crippen molar-refractivity contribution in [2.24, 2.45) is 0 Å². The van der Waals surface area contributed by atoms with E-state index in [0.717, 1.165) is 5.69 Å². The lowest BCUT2D eigenvalue weighted by Crippen LogP contribution is -2.20. The first-order valence-corrected chi connectivity index (χ1v) is 5.84. The number of pyridine rings is 1. The number of benzene rings is 1. The zero-order chi connectivity index (χ0) is 14.5. The van der Waals surface area contributed by atoms with E-state index in [1.807, 2.05) is 6.92 Å². The van der Waals surface area contributed by atoms with E-state index in [1.54, 1.807) is 12.1 Å². The standard InChI is InChI=1S/C14H12FN3O2/c1-9-5-6-11(7-16-9)17-14(20)18-12-4-2-3-10(8-19)13(12)15/h2-8H,1H3,(H2,17,18,20). The van der Waals surface area contributed by atoms with Gasteiger partial charge in [0.1, 0.15) is 0 Å². The summed E-state index contributed by atoms with van der Waals surface area (Å²) in [5, 5.41) is 4.85. The van der Waals surface area contributed by atoms with E-state index >= 15 is 0 Å². The molecule has 2 amide bonds. The summed E-state index contributed by atoms with van der Waals surface area (Å²) in [6, 6.07) is 6.99. The zero-order valence-corrected chi connectivity index (χ0v) is 10.7. The first kappa shape index (κ1) is 13.7. The van der Waals surface area contributed by atoms with Crippen LogP contribution in [0.3, 0.4) is 0 Å². The largest absolute Gasteiger partial charge is 0.323 e. The molecule has 0 aliphatic heterocycles. The van der Waals surface area contributed by atoms with Crippen LogP contribution in [0.25, 0.3) is 0 Å². The summed E-state index contributed by atoms with van der Waals surface area (Å²) in [5.41, 5.74) is 1.13. The molecular formula is C14H12FN3O2. The molecule has 0 unspecified atom stereocenters. The number of rotatable bonds is 3. The van der Waals surface area contributed by atoms with E-state index in [9.17, 15) is 14.0 Å². The molecular weight excluding hydrogens is 261 g/mol. The third kappa shape index (κ3) is 3.17. The summed E-state index contributed by atoms with van der Waals surface area (Å²) in [5.74, 6) is -0.764. The van der Waals surface area contributed by atoms with Crippen LogP contribution >= 0.6 is 0 Å². The highest BCUT2D eigenvalue weighted by Crippen LogP contribution is 2.17. The molecule has 1 heterocycles. The second-order valence-corrected chi connectivity index (χ2v) is 4.09. The fourth-order valence-electron chi connectivity index (χ4n) is 1.56. The molecule has 2 aromatic rings. The highest BCUT2D eigenvalue weighted by Gasteiger charge is 2.10. The van der Waals surface area contributed by atoms with Crippen LogP contribution in [-0.2, 0) is 0 Å². The molecule has 0 saturated heterocycles. The van der Waals surface area contributed by atoms with Gasteiger partial charge >= 0.3 is 6.03 Å². The number of hydrogen-bond acceptors (Lipinski definition) is 3. The van der Waals surface area contributed by atoms with Crippen molar-refractivity contribution in [2.75, 3.05) is 10.6 Å². The van der Waals surface area contributed by atoms with Gasteiger partial charge in [-0.1, -0.05) is 6.07 Å². The molecule has 0 radical (unpaired) electrons. The smallest absolute Gasteiger partial charge is 0.306 e. The highest BCUT2D eigenvalue weighted by atomic mass is 19.1. The Kier molecular flexibility index (Phi) is 4.05. The summed E-state index contributed by atoms with van der Waals surface area (Å²) in [6.45, 7) is 1.82. The number of aromatic nitrogens is 1. The van der Waals surface area contributed by atoms with Gasteiger partial charge in [0.05, 0.1) is 23.1 Å². The summed E-state index contributed by atoms with van der Waals surface area (Å²) < 4.78 is 13.7. The van der Waals surface area contributed by atoms with E-state index in [2.05, 4.69) is 15.6 Å². The maximum Gasteiger partial charge on any atom is 0.323 e. The minimum absolute atomic E-state index is 0.0628. The van der Waals surface area contributed by atoms with Gasteiger partial charge < -0.3 is 10.6 Å². The number of amides is 2. The molecule has 0 spiro atoms. The van der Waals surface area contributed by atoms with Gasteiger partial charge in [-0.15, -0.1) is 0 Å². The van der Waals surface area contributed by atoms with Gasteiger partial charge in [0, 0.05) is 5.69 Å². The first-order chi connectivity index (χ1) is 9.60. The molecule has 6 heteroatoms. The lowest BCUT2D eigenvalue weighted by atomic mass is 10.2. The van der Waals surface area contributed by atoms with Crippen molar-refractivity contribution in [1.29, 1.82) is 0 Å². The van der Waals surface area contributed by atoms with Gasteiger partial charge in [-0.05, 0) is 31.2 Å². The third-order valence-electron chi connectivity index (χ3n) is 2.57. The topological polar surface area (TPSA) is 71.1 Å². The second-order valence-electron chi connectivity index (χ2n) is 4.09. The Morgan fingerprint density at radius 3 is 2.70 bits per heavy atom. The first-order valence-electron chi connectivity index (χ1n) is 5.84. The molecule has 0 atom stereocenters. The SMILES string of the molecule is Cc1ccc(NC(=O)Nc2cccc(C=O)c2F)cn1. The summed E-state index contributed by atoms with van der Waals surface area (Å²) in [7, 11) is 0. The fraction of sp³-hybridized carbons (Fsp3) is 0.0714. The van der Waals surface area contributed by atoms with Crippen LogP contribution in [0.1, 0.15) is 16.1 Å². The van der Waals surface area contributed by atoms with Gasteiger partial charge in [-0.2, -0.15) is 0 Å². The number of aldehydes is 1. The van der Waals surface area contributed by atoms with Crippen LogP contribution in [-0.4, -0.2) is 17.3 Å². The Bertz CT molecular complexity index is 641. The molecule has 0 saturated carbocycles. The van der Waals surface area contributed by atoms with Crippen LogP contribution in [0.15, 0.2) is 36.5 Å². The zero-order valence-electron chi connectivity index (χ0n) is 10.7. The molecule has 0 aliphatic rings. The monoisotopic (exact) mass is 273 g/mol. The Balaban J connectivity index is 2.08. The average Bonchev–Trinajstić information content (AvgIpc) is 2.44. The van der Waals surface area contributed by atoms with Crippen molar-refractivity contribution in [3.8, 4) is 0 Å². The molecule has 2 rings (SSSR count). The molecule has 20 heavy (non-hydrogen) atoms. The number of aryl methyl sites for hydroxylation is 1. The van der Waals surface area contributed by atoms with Crippen molar-refractivity contribution >= 4 is 23.7 Å². The Morgan fingerprint density at radius 1 is 1.25 bits per heavy atom. The van der Waals surface area contributed by atoms with Gasteiger partial charge in [-0.25, -0.2) is 9.18 Å². The number of urea groups is 1. The lowest BCUT2D eigenvalue weighted by molar-refractivity contribution is 0.112. The second kappa shape index (κ2) is 5.92. The van der Waals surface area contributed by atoms with E-state index in [-0.39, 0.29) is 11.3 Å². The number of halogens is 1. The van der Waals surface area contributed by atoms with Crippen molar-refractivity contribution in [3.63, 3.8) is 0 Å². The predicted molar refractivity (Wildman–Crippen MR) is 73.4 cm³/mol. The molecule has 0 aliphatic carbocycles. The molecule has 5 nitrogen and oxygen atoms in total. The van der Waals surface area contributed by atoms with Crippen LogP contribution < -0.4 is 10.6 Å². The Morgan fingerprint density at radius 2 is 2.05 bits per heavy atom. The normalized spacial score (nSPS) is 9.90. The van der Waals surface area contributed by atoms with Crippen molar-refractivity contribution < 1.29 is 14.0 Å². The Hall–Kier alpha value is -2.76. The molecule has 1 aromatic carbocycles. The molecule has 1 aromatic heterocycles. The van der Waals surface area contributed by atoms with E-state index < -0.39 is 11.8 Å². The van der Waals surface area contributed by atoms with Crippen LogP contribution in [0.2, 0.25) is 0 Å². The maximum atomic E-state index is 13.7. The quantitative estimate of drug-likeness (QED) is 0.844. The number of nitrogens with zero attached hydrogens (tertiary/aromatic N) is 1. The van der Waals surface area contributed by atoms with Crippen LogP contribution in [0, 0.1) is 12.7 Å². The number of carbonyl (C=O) groups is 2. The number of hydrogen-bond donors (Lipinski definition) is 2. The summed E-state index contributed by atoms with van der Waals surface area (Å²) in [6.07, 6.45) is 1.88. The molecule has 102 valence electrons. The maximum absolute atomic E-state index is 13.7. The summed E-state index contributed by atoms with van der Waals surface area (Å²) >= 11 is 0. The lowest BCUT2D eigenvalue weighted by Gasteiger charge is -2.09. The van der Waals surface area contributed by atoms with Crippen molar-refractivity contribution in [1.82, 2.24) is 4.98 Å². The predicted octanol–water partition coefficient (Wildman–Crippen LogP) is 2.99. The number of carbonyl (C=O) groups excluding carboxylic acids is 2. The minimum Gasteiger partial charge on any atom is -0.306 e. The highest BCUT2D eigenvalue weighted by molar-refractivity contribution is 6.00. The van der Waals surface area contributed by atoms with Crippen LogP contribution in [0.5, 0.6) is 0 Å². The minimum atomic E-state index is -0.764. The van der Waals surface area contributed by atoms with E-state index in [0.29, 0.717) is 12.0 Å². The molecule has 0 bridgehead atoms. The van der Waals surface area contributed by atoms with Gasteiger partial charge in [0.25, 0.3) is 0 Å². The summed E-state index contributed by atoms with van der Waals surface area (Å²) in [4.78, 5) is 26.3. The van der Waals surface area contributed by atoms with E-state index in [4.69, 9.17) is 0 Å². The molecule has 2 N–H and O–H groups in total. The Labute approximate surface area is 114 Å². The van der Waals surface area contributed by atoms with Crippen molar-refractivity contribution in [3.05, 3.63) is 53.6 Å². The van der Waals surface area contributed by atoms with Gasteiger partial charge in [-0.3, -0.25) is 9.78 Å². The van der Waals surface area contributed by atoms with Gasteiger partial charge in [0.15, 0.2) is 12.1 Å². The number of nitrogens with one attached hydrogen (secondary N) is 2. The van der Waals surface area contributed by atoms with E-state index in [1.165, 1.54) is 24.4 Å². The number of anilines is 2. The molecule has 0 fully saturated rings. The third-order valence-corrected chi connectivity index (χ3v) is 2.57.